The number of para-hydroxylation sites is 1. The van der Waals surface area contributed by atoms with Gasteiger partial charge in [0.25, 0.3) is 0 Å². The predicted molar refractivity (Wildman–Crippen MR) is 152 cm³/mol. The number of rotatable bonds is 6. The SMILES string of the molecule is CCOC(=O)c1c(N2C(=O)C[C@@H](SC(=Nc3ccccc3)NC#N)C2=O)sc2c1CC[C@@H](c1ccccc1)C2. The quantitative estimate of drug-likeness (QED) is 0.109. The van der Waals surface area contributed by atoms with Gasteiger partial charge in [0.15, 0.2) is 11.4 Å². The molecule has 1 saturated heterocycles. The average molecular weight is 559 g/mol. The predicted octanol–water partition coefficient (Wildman–Crippen LogP) is 5.32. The number of amidine groups is 1. The van der Waals surface area contributed by atoms with E-state index in [4.69, 9.17) is 4.74 Å². The van der Waals surface area contributed by atoms with E-state index in [0.29, 0.717) is 28.6 Å². The summed E-state index contributed by atoms with van der Waals surface area (Å²) >= 11 is 2.36. The standard InChI is InChI=1S/C29H26N4O4S2/c1-2-37-28(36)25-21-14-13-19(18-9-5-3-6-10-18)15-22(21)38-27(25)33-24(34)16-23(26(33)35)39-29(31-17-30)32-20-11-7-4-8-12-20/h3-12,19,23H,2,13-16H2,1H3,(H,31,32)/t19-,23-/m1/s1. The topological polar surface area (TPSA) is 112 Å². The van der Waals surface area contributed by atoms with E-state index in [2.05, 4.69) is 22.4 Å². The fraction of sp³-hybridized carbons (Fsp3) is 0.276. The molecule has 0 saturated carbocycles. The van der Waals surface area contributed by atoms with Gasteiger partial charge in [0.05, 0.1) is 17.9 Å². The van der Waals surface area contributed by atoms with Gasteiger partial charge in [-0.25, -0.2) is 14.7 Å². The third-order valence-electron chi connectivity index (χ3n) is 6.71. The van der Waals surface area contributed by atoms with E-state index in [1.807, 2.05) is 42.6 Å². The molecule has 1 aromatic heterocycles. The van der Waals surface area contributed by atoms with E-state index in [1.165, 1.54) is 16.9 Å². The van der Waals surface area contributed by atoms with Gasteiger partial charge in [-0.05, 0) is 55.4 Å². The number of carbonyl (C=O) groups excluding carboxylic acids is 3. The molecule has 0 radical (unpaired) electrons. The number of nitriles is 1. The number of hydrogen-bond acceptors (Lipinski definition) is 8. The van der Waals surface area contributed by atoms with Crippen LogP contribution in [0.25, 0.3) is 0 Å². The number of carbonyl (C=O) groups is 3. The number of amides is 2. The summed E-state index contributed by atoms with van der Waals surface area (Å²) in [4.78, 5) is 46.6. The zero-order valence-corrected chi connectivity index (χ0v) is 22.9. The van der Waals surface area contributed by atoms with Gasteiger partial charge in [-0.2, -0.15) is 5.26 Å². The first-order valence-electron chi connectivity index (χ1n) is 12.7. The van der Waals surface area contributed by atoms with Gasteiger partial charge in [-0.3, -0.25) is 14.9 Å². The Balaban J connectivity index is 1.45. The molecule has 2 heterocycles. The van der Waals surface area contributed by atoms with E-state index in [1.54, 1.807) is 19.1 Å². The minimum atomic E-state index is -0.785. The Kier molecular flexibility index (Phi) is 8.10. The third kappa shape index (κ3) is 5.60. The Bertz CT molecular complexity index is 1460. The van der Waals surface area contributed by atoms with Gasteiger partial charge in [-0.1, -0.05) is 60.3 Å². The lowest BCUT2D eigenvalue weighted by atomic mass is 9.83. The van der Waals surface area contributed by atoms with Crippen LogP contribution in [0.4, 0.5) is 10.7 Å². The van der Waals surface area contributed by atoms with Crippen molar-refractivity contribution in [1.29, 1.82) is 5.26 Å². The lowest BCUT2D eigenvalue weighted by Gasteiger charge is -2.23. The average Bonchev–Trinajstić information content (AvgIpc) is 3.45. The minimum Gasteiger partial charge on any atom is -0.462 e. The van der Waals surface area contributed by atoms with Crippen molar-refractivity contribution >= 4 is 56.7 Å². The maximum atomic E-state index is 13.6. The molecule has 3 aromatic rings. The Morgan fingerprint density at radius 2 is 1.87 bits per heavy atom. The summed E-state index contributed by atoms with van der Waals surface area (Å²) in [5, 5.41) is 11.5. The third-order valence-corrected chi connectivity index (χ3v) is 9.02. The molecule has 5 rings (SSSR count). The van der Waals surface area contributed by atoms with E-state index in [0.717, 1.165) is 39.9 Å². The number of esters is 1. The molecular formula is C29H26N4O4S2. The van der Waals surface area contributed by atoms with Crippen molar-refractivity contribution in [3.8, 4) is 6.19 Å². The van der Waals surface area contributed by atoms with Crippen LogP contribution >= 0.6 is 23.1 Å². The highest BCUT2D eigenvalue weighted by Gasteiger charge is 2.44. The van der Waals surface area contributed by atoms with Gasteiger partial charge in [-0.15, -0.1) is 11.3 Å². The molecule has 2 amide bonds. The molecule has 0 bridgehead atoms. The number of ether oxygens (including phenoxy) is 1. The number of fused-ring (bicyclic) bond motifs is 1. The summed E-state index contributed by atoms with van der Waals surface area (Å²) in [7, 11) is 0. The molecule has 2 aliphatic rings. The molecule has 2 atom stereocenters. The Morgan fingerprint density at radius 1 is 1.15 bits per heavy atom. The molecule has 8 nitrogen and oxygen atoms in total. The molecule has 1 N–H and O–H groups in total. The van der Waals surface area contributed by atoms with Gasteiger partial charge >= 0.3 is 5.97 Å². The second-order valence-corrected chi connectivity index (χ2v) is 11.4. The molecular weight excluding hydrogens is 532 g/mol. The smallest absolute Gasteiger partial charge is 0.341 e. The fourth-order valence-electron chi connectivity index (χ4n) is 4.95. The van der Waals surface area contributed by atoms with Crippen LogP contribution in [-0.2, 0) is 27.2 Å². The number of nitrogens with one attached hydrogen (secondary N) is 1. The maximum absolute atomic E-state index is 13.6. The van der Waals surface area contributed by atoms with Crippen molar-refractivity contribution < 1.29 is 19.1 Å². The van der Waals surface area contributed by atoms with Crippen LogP contribution in [0.15, 0.2) is 65.7 Å². The summed E-state index contributed by atoms with van der Waals surface area (Å²) in [5.74, 6) is -1.05. The molecule has 0 spiro atoms. The summed E-state index contributed by atoms with van der Waals surface area (Å²) in [6.07, 6.45) is 4.03. The number of nitrogens with zero attached hydrogens (tertiary/aromatic N) is 3. The molecule has 198 valence electrons. The highest BCUT2D eigenvalue weighted by Crippen LogP contribution is 2.46. The lowest BCUT2D eigenvalue weighted by Crippen LogP contribution is -2.32. The Hall–Kier alpha value is -3.94. The van der Waals surface area contributed by atoms with Crippen molar-refractivity contribution in [3.63, 3.8) is 0 Å². The van der Waals surface area contributed by atoms with Crippen molar-refractivity contribution in [2.24, 2.45) is 4.99 Å². The van der Waals surface area contributed by atoms with Crippen LogP contribution in [0.3, 0.4) is 0 Å². The number of thioether (sulfide) groups is 1. The second kappa shape index (κ2) is 11.8. The van der Waals surface area contributed by atoms with Crippen molar-refractivity contribution in [2.75, 3.05) is 11.5 Å². The van der Waals surface area contributed by atoms with Gasteiger partial charge in [0.2, 0.25) is 11.8 Å². The van der Waals surface area contributed by atoms with Crippen molar-refractivity contribution in [3.05, 3.63) is 82.2 Å². The molecule has 10 heteroatoms. The molecule has 0 unspecified atom stereocenters. The zero-order valence-electron chi connectivity index (χ0n) is 21.3. The normalized spacial score (nSPS) is 19.0. The van der Waals surface area contributed by atoms with Crippen molar-refractivity contribution in [2.45, 2.75) is 43.8 Å². The number of hydrogen-bond donors (Lipinski definition) is 1. The Labute approximate surface area is 234 Å². The van der Waals surface area contributed by atoms with E-state index in [-0.39, 0.29) is 18.2 Å². The highest BCUT2D eigenvalue weighted by molar-refractivity contribution is 8.15. The molecule has 1 aliphatic carbocycles. The van der Waals surface area contributed by atoms with Crippen molar-refractivity contribution in [1.82, 2.24) is 5.32 Å². The zero-order chi connectivity index (χ0) is 27.4. The van der Waals surface area contributed by atoms with E-state index < -0.39 is 23.0 Å². The van der Waals surface area contributed by atoms with Crippen LogP contribution in [-0.4, -0.2) is 34.8 Å². The highest BCUT2D eigenvalue weighted by atomic mass is 32.2. The van der Waals surface area contributed by atoms with Gasteiger partial charge in [0, 0.05) is 11.3 Å². The first-order valence-corrected chi connectivity index (χ1v) is 14.4. The summed E-state index contributed by atoms with van der Waals surface area (Å²) in [5.41, 5.74) is 3.04. The molecule has 39 heavy (non-hydrogen) atoms. The van der Waals surface area contributed by atoms with E-state index in [9.17, 15) is 19.6 Å². The summed E-state index contributed by atoms with van der Waals surface area (Å²) < 4.78 is 5.37. The van der Waals surface area contributed by atoms with Crippen LogP contribution < -0.4 is 10.2 Å². The Morgan fingerprint density at radius 3 is 2.56 bits per heavy atom. The number of imide groups is 1. The number of anilines is 1. The largest absolute Gasteiger partial charge is 0.462 e. The minimum absolute atomic E-state index is 0.0676. The first-order chi connectivity index (χ1) is 19.0. The van der Waals surface area contributed by atoms with Crippen LogP contribution in [0.1, 0.15) is 52.0 Å². The molecule has 1 aliphatic heterocycles. The van der Waals surface area contributed by atoms with Crippen LogP contribution in [0.5, 0.6) is 0 Å². The number of thiophene rings is 1. The molecule has 2 aromatic carbocycles. The van der Waals surface area contributed by atoms with E-state index >= 15 is 0 Å². The van der Waals surface area contributed by atoms with Gasteiger partial charge < -0.3 is 4.74 Å². The molecule has 1 fully saturated rings. The number of benzene rings is 2. The maximum Gasteiger partial charge on any atom is 0.341 e. The fourth-order valence-corrected chi connectivity index (χ4v) is 7.35. The summed E-state index contributed by atoms with van der Waals surface area (Å²) in [6, 6.07) is 19.3. The van der Waals surface area contributed by atoms with Crippen LogP contribution in [0, 0.1) is 11.5 Å². The van der Waals surface area contributed by atoms with Gasteiger partial charge in [0.1, 0.15) is 10.3 Å². The van der Waals surface area contributed by atoms with Crippen LogP contribution in [0.2, 0.25) is 0 Å². The first kappa shape index (κ1) is 26.7. The monoisotopic (exact) mass is 558 g/mol. The number of aliphatic imine (C=N–C) groups is 1. The summed E-state index contributed by atoms with van der Waals surface area (Å²) in [6.45, 7) is 1.92. The second-order valence-electron chi connectivity index (χ2n) is 9.12. The lowest BCUT2D eigenvalue weighted by molar-refractivity contribution is -0.121.